The first-order valence-corrected chi connectivity index (χ1v) is 5.64. The molecule has 7 nitrogen and oxygen atoms in total. The Labute approximate surface area is 107 Å². The molecule has 0 amide bonds. The minimum absolute atomic E-state index is 0. The maximum absolute atomic E-state index is 10.9. The van der Waals surface area contributed by atoms with Gasteiger partial charge in [0.05, 0.1) is 0 Å². The normalized spacial score (nSPS) is 12.8. The molecule has 0 aliphatic rings. The van der Waals surface area contributed by atoms with Crippen LogP contribution in [0.15, 0.2) is 0 Å². The van der Waals surface area contributed by atoms with Crippen molar-refractivity contribution >= 4 is 36.8 Å². The molecule has 0 saturated carbocycles. The first kappa shape index (κ1) is 17.7. The average molecular weight is 252 g/mol. The Kier molecular flexibility index (Phi) is 9.98. The first-order valence-electron chi connectivity index (χ1n) is 4.11. The summed E-state index contributed by atoms with van der Waals surface area (Å²) >= 11 is 0. The van der Waals surface area contributed by atoms with Gasteiger partial charge in [0.25, 0.3) is 0 Å². The molecule has 0 rings (SSSR count). The van der Waals surface area contributed by atoms with Crippen molar-refractivity contribution < 1.29 is 26.5 Å². The van der Waals surface area contributed by atoms with Crippen LogP contribution in [0.2, 0.25) is 0 Å². The van der Waals surface area contributed by atoms with E-state index >= 15 is 0 Å². The molecule has 1 atom stereocenters. The Morgan fingerprint density at radius 2 is 2.00 bits per heavy atom. The zero-order valence-electron chi connectivity index (χ0n) is 10.3. The maximum atomic E-state index is 10.9. The van der Waals surface area contributed by atoms with E-state index < -0.39 is 19.8 Å². The van der Waals surface area contributed by atoms with Crippen molar-refractivity contribution in [1.82, 2.24) is 0 Å². The molecule has 0 fully saturated rings. The topological polar surface area (TPSA) is 136 Å². The second-order valence-electron chi connectivity index (χ2n) is 2.79. The largest absolute Gasteiger partial charge is 2.00 e. The molecule has 0 radical (unpaired) electrons. The molecule has 0 aliphatic heterocycles. The number of rotatable bonds is 6. The summed E-state index contributed by atoms with van der Waals surface area (Å²) in [5.74, 6) is -1.09. The number of phosphoric acid groups is 1. The summed E-state index contributed by atoms with van der Waals surface area (Å²) in [6.07, 6.45) is 1.63. The first-order chi connectivity index (χ1) is 6.37. The van der Waals surface area contributed by atoms with Gasteiger partial charge in [0, 0.05) is 0 Å². The monoisotopic (exact) mass is 252 g/mol. The van der Waals surface area contributed by atoms with Gasteiger partial charge in [-0.1, -0.05) is 6.42 Å². The van der Waals surface area contributed by atoms with Gasteiger partial charge in [-0.25, -0.2) is 9.36 Å². The number of hydrogen-bond acceptors (Lipinski definition) is 5. The second kappa shape index (κ2) is 8.46. The van der Waals surface area contributed by atoms with Gasteiger partial charge in [0.2, 0.25) is 0 Å². The Hall–Kier alpha value is 0.306. The van der Waals surface area contributed by atoms with E-state index in [2.05, 4.69) is 4.52 Å². The van der Waals surface area contributed by atoms with Gasteiger partial charge in [0.15, 0.2) is 0 Å². The summed E-state index contributed by atoms with van der Waals surface area (Å²) in [5.41, 5.74) is 10.5. The number of carbonyl (C=O) groups excluding carboxylic acids is 1. The minimum Gasteiger partial charge on any atom is -1.00 e. The third-order valence-corrected chi connectivity index (χ3v) is 1.90. The zero-order chi connectivity index (χ0) is 11.2. The molecule has 9 heteroatoms. The van der Waals surface area contributed by atoms with Gasteiger partial charge in [-0.15, -0.1) is 0 Å². The second-order valence-corrected chi connectivity index (χ2v) is 3.96. The molecule has 0 unspecified atom stereocenters. The van der Waals surface area contributed by atoms with Crippen LogP contribution in [0, 0.1) is 0 Å². The quantitative estimate of drug-likeness (QED) is 0.268. The van der Waals surface area contributed by atoms with E-state index in [1.807, 2.05) is 0 Å². The van der Waals surface area contributed by atoms with Crippen LogP contribution in [0.5, 0.6) is 0 Å². The third-order valence-electron chi connectivity index (χ3n) is 1.48. The van der Waals surface area contributed by atoms with Crippen LogP contribution in [-0.2, 0) is 13.9 Å². The Bertz CT molecular complexity index is 242. The predicted octanol–water partition coefficient (Wildman–Crippen LogP) is -1.08. The SMILES string of the molecule is NCCCC[C@H](N)C(=O)OP(=O)(O)O.[H-].[H-].[Mg+2]. The Morgan fingerprint density at radius 3 is 2.40 bits per heavy atom. The summed E-state index contributed by atoms with van der Waals surface area (Å²) in [6.45, 7) is 0.486. The summed E-state index contributed by atoms with van der Waals surface area (Å²) in [5, 5.41) is 0. The van der Waals surface area contributed by atoms with E-state index in [4.69, 9.17) is 21.3 Å². The fourth-order valence-electron chi connectivity index (χ4n) is 0.811. The fraction of sp³-hybridized carbons (Fsp3) is 0.833. The van der Waals surface area contributed by atoms with Crippen LogP contribution in [0.3, 0.4) is 0 Å². The number of carbonyl (C=O) groups is 1. The van der Waals surface area contributed by atoms with Gasteiger partial charge < -0.3 is 18.8 Å². The third kappa shape index (κ3) is 10.6. The van der Waals surface area contributed by atoms with Crippen LogP contribution < -0.4 is 11.5 Å². The van der Waals surface area contributed by atoms with Crippen LogP contribution in [-0.4, -0.2) is 51.4 Å². The minimum atomic E-state index is -4.77. The molecule has 0 spiro atoms. The van der Waals surface area contributed by atoms with Gasteiger partial charge >= 0.3 is 36.8 Å². The number of hydrogen-bond donors (Lipinski definition) is 4. The van der Waals surface area contributed by atoms with Gasteiger partial charge in [-0.2, -0.15) is 0 Å². The summed E-state index contributed by atoms with van der Waals surface area (Å²) in [6, 6.07) is -1.01. The van der Waals surface area contributed by atoms with Crippen LogP contribution in [0.1, 0.15) is 22.1 Å². The van der Waals surface area contributed by atoms with Crippen molar-refractivity contribution in [2.45, 2.75) is 25.3 Å². The molecular formula is C6H17MgN2O5P. The molecule has 15 heavy (non-hydrogen) atoms. The predicted molar refractivity (Wildman–Crippen MR) is 57.0 cm³/mol. The van der Waals surface area contributed by atoms with Crippen LogP contribution in [0.4, 0.5) is 0 Å². The average Bonchev–Trinajstić information content (AvgIpc) is 2.01. The molecular weight excluding hydrogens is 235 g/mol. The number of phosphoric ester groups is 1. The van der Waals surface area contributed by atoms with E-state index in [1.54, 1.807) is 0 Å². The fourth-order valence-corrected chi connectivity index (χ4v) is 1.18. The van der Waals surface area contributed by atoms with Crippen molar-refractivity contribution in [2.24, 2.45) is 11.5 Å². The van der Waals surface area contributed by atoms with Gasteiger partial charge in [-0.3, -0.25) is 9.79 Å². The molecule has 0 aromatic carbocycles. The summed E-state index contributed by atoms with van der Waals surface area (Å²) in [4.78, 5) is 27.5. The smallest absolute Gasteiger partial charge is 1.00 e. The van der Waals surface area contributed by atoms with Gasteiger partial charge in [0.1, 0.15) is 6.04 Å². The van der Waals surface area contributed by atoms with Gasteiger partial charge in [-0.05, 0) is 19.4 Å². The van der Waals surface area contributed by atoms with E-state index in [9.17, 15) is 9.36 Å². The molecule has 0 saturated heterocycles. The van der Waals surface area contributed by atoms with Crippen LogP contribution in [0.25, 0.3) is 0 Å². The Balaban J connectivity index is -0.000000282. The van der Waals surface area contributed by atoms with Crippen LogP contribution >= 0.6 is 7.82 Å². The van der Waals surface area contributed by atoms with E-state index in [0.717, 1.165) is 0 Å². The van der Waals surface area contributed by atoms with Crippen molar-refractivity contribution in [1.29, 1.82) is 0 Å². The van der Waals surface area contributed by atoms with E-state index in [1.165, 1.54) is 0 Å². The van der Waals surface area contributed by atoms with E-state index in [0.29, 0.717) is 25.8 Å². The van der Waals surface area contributed by atoms with E-state index in [-0.39, 0.29) is 25.9 Å². The zero-order valence-corrected chi connectivity index (χ0v) is 10.6. The summed E-state index contributed by atoms with van der Waals surface area (Å²) < 4.78 is 14.1. The molecule has 88 valence electrons. The van der Waals surface area contributed by atoms with Crippen molar-refractivity contribution in [3.8, 4) is 0 Å². The molecule has 0 bridgehead atoms. The van der Waals surface area contributed by atoms with Crippen molar-refractivity contribution in [3.05, 3.63) is 0 Å². The summed E-state index contributed by atoms with van der Waals surface area (Å²) in [7, 11) is -4.77. The number of nitrogens with two attached hydrogens (primary N) is 2. The molecule has 0 aromatic rings. The molecule has 6 N–H and O–H groups in total. The molecule has 0 heterocycles. The molecule has 0 aliphatic carbocycles. The molecule has 0 aromatic heterocycles. The van der Waals surface area contributed by atoms with Crippen molar-refractivity contribution in [3.63, 3.8) is 0 Å². The standard InChI is InChI=1S/C6H15N2O5P.Mg.2H/c7-4-2-1-3-5(8)6(9)13-14(10,11)12;;;/h5H,1-4,7-8H2,(H2,10,11,12);;;/q;+2;2*-1/t5-;;;/m0.../s1. The Morgan fingerprint density at radius 1 is 1.47 bits per heavy atom. The van der Waals surface area contributed by atoms with Crippen molar-refractivity contribution in [2.75, 3.05) is 6.54 Å². The number of unbranched alkanes of at least 4 members (excludes halogenated alkanes) is 1. The maximum Gasteiger partial charge on any atom is 2.00 e.